The van der Waals surface area contributed by atoms with E-state index in [-0.39, 0.29) is 23.8 Å². The molecule has 168 valence electrons. The molecular formula is C18H33N8O4+. The maximum atomic E-state index is 12.8. The van der Waals surface area contributed by atoms with E-state index in [1.54, 1.807) is 0 Å². The SMILES string of the molecule is CCC(C)[C@H](N)c1noc([C@H](CCCN=C(N)N)NC(=O)N2CCCC2C(=O)[OH2+])n1. The second-order valence-electron chi connectivity index (χ2n) is 7.57. The van der Waals surface area contributed by atoms with Gasteiger partial charge in [0.15, 0.2) is 17.8 Å². The monoisotopic (exact) mass is 425 g/mol. The summed E-state index contributed by atoms with van der Waals surface area (Å²) < 4.78 is 5.40. The van der Waals surface area contributed by atoms with E-state index in [0.29, 0.717) is 44.6 Å². The summed E-state index contributed by atoms with van der Waals surface area (Å²) in [6.07, 6.45) is 3.02. The van der Waals surface area contributed by atoms with Crippen LogP contribution < -0.4 is 22.5 Å². The molecular weight excluding hydrogens is 392 g/mol. The molecule has 12 heteroatoms. The zero-order valence-electron chi connectivity index (χ0n) is 17.5. The molecule has 0 bridgehead atoms. The molecule has 1 aliphatic rings. The van der Waals surface area contributed by atoms with Crippen LogP contribution in [0, 0.1) is 5.92 Å². The first-order valence-corrected chi connectivity index (χ1v) is 10.2. The van der Waals surface area contributed by atoms with Crippen molar-refractivity contribution in [3.63, 3.8) is 0 Å². The average Bonchev–Trinajstić information content (AvgIpc) is 3.38. The average molecular weight is 426 g/mol. The fraction of sp³-hybridized carbons (Fsp3) is 0.722. The second-order valence-corrected chi connectivity index (χ2v) is 7.57. The van der Waals surface area contributed by atoms with Crippen molar-refractivity contribution < 1.29 is 19.2 Å². The van der Waals surface area contributed by atoms with Crippen LogP contribution in [0.2, 0.25) is 0 Å². The van der Waals surface area contributed by atoms with Gasteiger partial charge in [-0.05, 0) is 31.6 Å². The van der Waals surface area contributed by atoms with Gasteiger partial charge in [0.1, 0.15) is 6.04 Å². The number of aliphatic imine (C=N–C) groups is 1. The molecule has 1 saturated heterocycles. The van der Waals surface area contributed by atoms with Gasteiger partial charge < -0.3 is 37.0 Å². The fourth-order valence-corrected chi connectivity index (χ4v) is 3.31. The van der Waals surface area contributed by atoms with Crippen LogP contribution >= 0.6 is 0 Å². The largest absolute Gasteiger partial charge is 0.563 e. The van der Waals surface area contributed by atoms with Crippen LogP contribution in [-0.4, -0.2) is 57.2 Å². The molecule has 2 rings (SSSR count). The van der Waals surface area contributed by atoms with Gasteiger partial charge >= 0.3 is 12.0 Å². The smallest absolute Gasteiger partial charge is 0.538 e. The minimum absolute atomic E-state index is 0.0101. The molecule has 9 N–H and O–H groups in total. The summed E-state index contributed by atoms with van der Waals surface area (Å²) in [4.78, 5) is 34.0. The molecule has 1 aromatic heterocycles. The quantitative estimate of drug-likeness (QED) is 0.168. The third-order valence-electron chi connectivity index (χ3n) is 5.37. The number of hydrogen-bond acceptors (Lipinski definition) is 7. The Balaban J connectivity index is 2.14. The fourth-order valence-electron chi connectivity index (χ4n) is 3.31. The molecule has 12 nitrogen and oxygen atoms in total. The second kappa shape index (κ2) is 10.8. The van der Waals surface area contributed by atoms with Crippen molar-refractivity contribution in [2.24, 2.45) is 28.1 Å². The van der Waals surface area contributed by atoms with Gasteiger partial charge in [0.05, 0.1) is 6.04 Å². The Kier molecular flexibility index (Phi) is 8.39. The van der Waals surface area contributed by atoms with Crippen LogP contribution in [0.1, 0.15) is 69.8 Å². The molecule has 0 saturated carbocycles. The number of amides is 2. The lowest BCUT2D eigenvalue weighted by molar-refractivity contribution is -0.141. The Bertz CT molecular complexity index is 748. The summed E-state index contributed by atoms with van der Waals surface area (Å²) in [6, 6.07) is -2.16. The van der Waals surface area contributed by atoms with Crippen LogP contribution in [0.25, 0.3) is 0 Å². The van der Waals surface area contributed by atoms with Crippen LogP contribution in [0.4, 0.5) is 4.79 Å². The van der Waals surface area contributed by atoms with E-state index >= 15 is 0 Å². The molecule has 2 heterocycles. The van der Waals surface area contributed by atoms with Crippen LogP contribution in [-0.2, 0) is 4.79 Å². The number of nitrogens with zero attached hydrogens (tertiary/aromatic N) is 4. The number of carbonyl (C=O) groups is 2. The van der Waals surface area contributed by atoms with Gasteiger partial charge in [-0.25, -0.2) is 4.79 Å². The molecule has 2 unspecified atom stereocenters. The zero-order valence-corrected chi connectivity index (χ0v) is 17.5. The first-order valence-electron chi connectivity index (χ1n) is 10.2. The van der Waals surface area contributed by atoms with E-state index in [0.717, 1.165) is 6.42 Å². The van der Waals surface area contributed by atoms with Crippen molar-refractivity contribution >= 4 is 18.0 Å². The summed E-state index contributed by atoms with van der Waals surface area (Å²) in [5.41, 5.74) is 16.9. The van der Waals surface area contributed by atoms with E-state index in [1.165, 1.54) is 4.90 Å². The highest BCUT2D eigenvalue weighted by Gasteiger charge is 2.39. The Morgan fingerprint density at radius 1 is 1.43 bits per heavy atom. The molecule has 0 radical (unpaired) electrons. The van der Waals surface area contributed by atoms with Crippen LogP contribution in [0.3, 0.4) is 0 Å². The van der Waals surface area contributed by atoms with Crippen LogP contribution in [0.5, 0.6) is 0 Å². The highest BCUT2D eigenvalue weighted by molar-refractivity contribution is 5.83. The lowest BCUT2D eigenvalue weighted by Crippen LogP contribution is -2.47. The summed E-state index contributed by atoms with van der Waals surface area (Å²) in [7, 11) is 0. The highest BCUT2D eigenvalue weighted by Crippen LogP contribution is 2.24. The predicted octanol–water partition coefficient (Wildman–Crippen LogP) is -0.365. The van der Waals surface area contributed by atoms with Gasteiger partial charge in [0.25, 0.3) is 0 Å². The van der Waals surface area contributed by atoms with Crippen LogP contribution in [0.15, 0.2) is 9.52 Å². The van der Waals surface area contributed by atoms with E-state index in [4.69, 9.17) is 26.8 Å². The van der Waals surface area contributed by atoms with Gasteiger partial charge in [-0.1, -0.05) is 25.4 Å². The first kappa shape index (κ1) is 23.4. The molecule has 1 fully saturated rings. The van der Waals surface area contributed by atoms with Gasteiger partial charge in [-0.15, -0.1) is 0 Å². The number of hydrogen-bond donors (Lipinski definition) is 4. The molecule has 0 aromatic carbocycles. The number of rotatable bonds is 10. The predicted molar refractivity (Wildman–Crippen MR) is 110 cm³/mol. The molecule has 0 spiro atoms. The summed E-state index contributed by atoms with van der Waals surface area (Å²) >= 11 is 0. The van der Waals surface area contributed by atoms with E-state index in [9.17, 15) is 9.59 Å². The Morgan fingerprint density at radius 3 is 2.80 bits per heavy atom. The minimum Gasteiger partial charge on any atom is -0.563 e. The third-order valence-corrected chi connectivity index (χ3v) is 5.37. The Hall–Kier alpha value is -2.89. The maximum absolute atomic E-state index is 12.8. The van der Waals surface area contributed by atoms with Gasteiger partial charge in [0, 0.05) is 17.9 Å². The summed E-state index contributed by atoms with van der Waals surface area (Å²) in [6.45, 7) is 4.81. The molecule has 1 aromatic rings. The lowest BCUT2D eigenvalue weighted by atomic mass is 10.00. The number of carbonyl (C=O) groups excluding carboxylic acids is 2. The molecule has 0 aliphatic carbocycles. The maximum Gasteiger partial charge on any atom is 0.538 e. The van der Waals surface area contributed by atoms with E-state index < -0.39 is 24.1 Å². The number of urea groups is 1. The zero-order chi connectivity index (χ0) is 22.3. The van der Waals surface area contributed by atoms with Gasteiger partial charge in [0.2, 0.25) is 5.89 Å². The Morgan fingerprint density at radius 2 is 2.17 bits per heavy atom. The number of nitrogens with two attached hydrogens (primary N) is 3. The van der Waals surface area contributed by atoms with Crippen molar-refractivity contribution in [2.45, 2.75) is 64.1 Å². The third kappa shape index (κ3) is 6.05. The highest BCUT2D eigenvalue weighted by atomic mass is 16.5. The molecule has 4 atom stereocenters. The number of nitrogens with one attached hydrogen (secondary N) is 1. The number of guanidine groups is 1. The van der Waals surface area contributed by atoms with Crippen molar-refractivity contribution in [1.29, 1.82) is 0 Å². The van der Waals surface area contributed by atoms with Crippen molar-refractivity contribution in [3.05, 3.63) is 11.7 Å². The van der Waals surface area contributed by atoms with Crippen molar-refractivity contribution in [3.8, 4) is 0 Å². The summed E-state index contributed by atoms with van der Waals surface area (Å²) in [5.74, 6) is -0.00708. The van der Waals surface area contributed by atoms with E-state index in [2.05, 4.69) is 20.4 Å². The first-order chi connectivity index (χ1) is 14.2. The molecule has 2 amide bonds. The van der Waals surface area contributed by atoms with Gasteiger partial charge in [-0.2, -0.15) is 4.98 Å². The van der Waals surface area contributed by atoms with Crippen molar-refractivity contribution in [2.75, 3.05) is 13.1 Å². The number of likely N-dealkylation sites (tertiary alicyclic amines) is 1. The van der Waals surface area contributed by atoms with Gasteiger partial charge in [-0.3, -0.25) is 4.99 Å². The number of aromatic nitrogens is 2. The molecule has 1 aliphatic heterocycles. The topological polar surface area (TPSA) is 202 Å². The lowest BCUT2D eigenvalue weighted by Gasteiger charge is -2.23. The van der Waals surface area contributed by atoms with Crippen molar-refractivity contribution in [1.82, 2.24) is 20.4 Å². The standard InChI is InChI=1S/C18H32N8O4/c1-3-10(2)13(19)14-24-15(30-25-14)11(6-4-8-22-17(20)21)23-18(29)26-9-5-7-12(26)16(27)28/h10-13H,3-9,19H2,1-2H3,(H,23,29)(H,27,28)(H4,20,21,22)/p+1/t10?,11-,12?,13-/m0/s1. The minimum atomic E-state index is -0.772. The normalized spacial score (nSPS) is 19.2. The van der Waals surface area contributed by atoms with E-state index in [1.807, 2.05) is 13.8 Å². The Labute approximate surface area is 175 Å². The summed E-state index contributed by atoms with van der Waals surface area (Å²) in [5, 5.41) is 14.2. The molecule has 30 heavy (non-hydrogen) atoms.